The average Bonchev–Trinajstić information content (AvgIpc) is 2.47. The molecule has 1 aromatic heterocycles. The van der Waals surface area contributed by atoms with Crippen LogP contribution in [0.25, 0.3) is 22.2 Å². The molecule has 0 atom stereocenters. The van der Waals surface area contributed by atoms with E-state index in [1.807, 2.05) is 55.5 Å². The van der Waals surface area contributed by atoms with Crippen molar-refractivity contribution < 1.29 is 9.90 Å². The van der Waals surface area contributed by atoms with Gasteiger partial charge in [0.25, 0.3) is 0 Å². The lowest BCUT2D eigenvalue weighted by Crippen LogP contribution is -2.05. The molecule has 3 rings (SSSR count). The van der Waals surface area contributed by atoms with Crippen LogP contribution in [0.15, 0.2) is 48.5 Å². The summed E-state index contributed by atoms with van der Waals surface area (Å²) >= 11 is 2.18. The molecule has 0 saturated heterocycles. The van der Waals surface area contributed by atoms with E-state index >= 15 is 0 Å². The second-order valence-corrected chi connectivity index (χ2v) is 6.04. The molecule has 0 aliphatic carbocycles. The van der Waals surface area contributed by atoms with Crippen molar-refractivity contribution in [1.29, 1.82) is 0 Å². The Morgan fingerprint density at radius 3 is 2.52 bits per heavy atom. The van der Waals surface area contributed by atoms with Crippen LogP contribution < -0.4 is 0 Å². The van der Waals surface area contributed by atoms with Crippen LogP contribution in [0.5, 0.6) is 0 Å². The van der Waals surface area contributed by atoms with E-state index < -0.39 is 5.97 Å². The van der Waals surface area contributed by atoms with E-state index in [0.29, 0.717) is 22.0 Å². The summed E-state index contributed by atoms with van der Waals surface area (Å²) in [5, 5.41) is 10.3. The molecular weight excluding hydrogens is 377 g/mol. The van der Waals surface area contributed by atoms with Crippen molar-refractivity contribution in [3.05, 3.63) is 63.2 Å². The third-order valence-corrected chi connectivity index (χ3v) is 4.12. The lowest BCUT2D eigenvalue weighted by molar-refractivity contribution is 0.0698. The number of hydrogen-bond donors (Lipinski definition) is 1. The van der Waals surface area contributed by atoms with Crippen molar-refractivity contribution in [2.45, 2.75) is 6.92 Å². The Labute approximate surface area is 135 Å². The van der Waals surface area contributed by atoms with Crippen LogP contribution in [0.4, 0.5) is 0 Å². The molecule has 0 bridgehead atoms. The molecule has 2 aromatic carbocycles. The Bertz CT molecular complexity index is 844. The van der Waals surface area contributed by atoms with Crippen LogP contribution in [0.1, 0.15) is 15.9 Å². The van der Waals surface area contributed by atoms with Gasteiger partial charge in [0.1, 0.15) is 0 Å². The summed E-state index contributed by atoms with van der Waals surface area (Å²) in [5.41, 5.74) is 3.39. The molecule has 0 aliphatic rings. The molecule has 0 amide bonds. The first-order valence-corrected chi connectivity index (χ1v) is 7.54. The van der Waals surface area contributed by atoms with Gasteiger partial charge in [-0.05, 0) is 53.3 Å². The summed E-state index contributed by atoms with van der Waals surface area (Å²) in [5.74, 6) is -0.918. The zero-order chi connectivity index (χ0) is 15.0. The lowest BCUT2D eigenvalue weighted by Gasteiger charge is -2.12. The van der Waals surface area contributed by atoms with Gasteiger partial charge in [-0.15, -0.1) is 0 Å². The molecule has 0 spiro atoms. The van der Waals surface area contributed by atoms with Gasteiger partial charge in [0.05, 0.1) is 16.8 Å². The number of fused-ring (bicyclic) bond motifs is 1. The maximum Gasteiger partial charge on any atom is 0.336 e. The molecular formula is C17H12INO2. The monoisotopic (exact) mass is 389 g/mol. The standard InChI is InChI=1S/C17H12INO2/c1-10-15(17(20)21)13-9-12(18)7-8-14(13)19-16(10)11-5-3-2-4-6-11/h2-9H,1H3,(H,20,21). The molecule has 0 radical (unpaired) electrons. The predicted octanol–water partition coefficient (Wildman–Crippen LogP) is 4.51. The van der Waals surface area contributed by atoms with Crippen molar-refractivity contribution in [2.24, 2.45) is 0 Å². The molecule has 0 fully saturated rings. The highest BCUT2D eigenvalue weighted by atomic mass is 127. The number of nitrogens with zero attached hydrogens (tertiary/aromatic N) is 1. The fourth-order valence-electron chi connectivity index (χ4n) is 2.48. The van der Waals surface area contributed by atoms with Gasteiger partial charge in [-0.3, -0.25) is 0 Å². The number of benzene rings is 2. The number of hydrogen-bond acceptors (Lipinski definition) is 2. The maximum atomic E-state index is 11.7. The average molecular weight is 389 g/mol. The van der Waals surface area contributed by atoms with Gasteiger partial charge in [0.2, 0.25) is 0 Å². The number of aromatic carboxylic acids is 1. The normalized spacial score (nSPS) is 10.8. The number of pyridine rings is 1. The third kappa shape index (κ3) is 2.51. The number of carboxylic acids is 1. The molecule has 0 saturated carbocycles. The smallest absolute Gasteiger partial charge is 0.336 e. The number of rotatable bonds is 2. The van der Waals surface area contributed by atoms with Crippen molar-refractivity contribution >= 4 is 39.5 Å². The van der Waals surface area contributed by atoms with Gasteiger partial charge < -0.3 is 5.11 Å². The summed E-state index contributed by atoms with van der Waals surface area (Å²) in [7, 11) is 0. The van der Waals surface area contributed by atoms with E-state index in [9.17, 15) is 9.90 Å². The molecule has 3 aromatic rings. The van der Waals surface area contributed by atoms with Gasteiger partial charge in [-0.2, -0.15) is 0 Å². The Kier molecular flexibility index (Phi) is 3.63. The minimum atomic E-state index is -0.918. The number of aromatic nitrogens is 1. The summed E-state index contributed by atoms with van der Waals surface area (Å²) in [6.07, 6.45) is 0. The fourth-order valence-corrected chi connectivity index (χ4v) is 2.97. The zero-order valence-electron chi connectivity index (χ0n) is 11.3. The van der Waals surface area contributed by atoms with E-state index in [1.54, 1.807) is 0 Å². The third-order valence-electron chi connectivity index (χ3n) is 3.45. The highest BCUT2D eigenvalue weighted by Gasteiger charge is 2.18. The van der Waals surface area contributed by atoms with Crippen molar-refractivity contribution in [3.8, 4) is 11.3 Å². The Hall–Kier alpha value is -1.95. The minimum absolute atomic E-state index is 0.331. The van der Waals surface area contributed by atoms with Crippen LogP contribution >= 0.6 is 22.6 Å². The quantitative estimate of drug-likeness (QED) is 0.656. The van der Waals surface area contributed by atoms with Gasteiger partial charge in [0, 0.05) is 14.5 Å². The second-order valence-electron chi connectivity index (χ2n) is 4.79. The molecule has 0 aliphatic heterocycles. The molecule has 0 unspecified atom stereocenters. The van der Waals surface area contributed by atoms with Crippen molar-refractivity contribution in [3.63, 3.8) is 0 Å². The van der Waals surface area contributed by atoms with Crippen LogP contribution in [-0.2, 0) is 0 Å². The Balaban J connectivity index is 2.41. The van der Waals surface area contributed by atoms with E-state index in [0.717, 1.165) is 14.8 Å². The number of halogens is 1. The van der Waals surface area contributed by atoms with Crippen molar-refractivity contribution in [2.75, 3.05) is 0 Å². The van der Waals surface area contributed by atoms with Gasteiger partial charge in [0.15, 0.2) is 0 Å². The molecule has 3 nitrogen and oxygen atoms in total. The van der Waals surface area contributed by atoms with E-state index in [4.69, 9.17) is 0 Å². The summed E-state index contributed by atoms with van der Waals surface area (Å²) < 4.78 is 0.997. The Morgan fingerprint density at radius 1 is 1.14 bits per heavy atom. The predicted molar refractivity (Wildman–Crippen MR) is 91.6 cm³/mol. The molecule has 1 N–H and O–H groups in total. The van der Waals surface area contributed by atoms with Gasteiger partial charge in [-0.1, -0.05) is 30.3 Å². The molecule has 104 valence electrons. The van der Waals surface area contributed by atoms with Crippen LogP contribution in [0.3, 0.4) is 0 Å². The first-order chi connectivity index (χ1) is 10.1. The van der Waals surface area contributed by atoms with Crippen LogP contribution in [0.2, 0.25) is 0 Å². The maximum absolute atomic E-state index is 11.7. The first kappa shape index (κ1) is 14.0. The largest absolute Gasteiger partial charge is 0.478 e. The molecule has 21 heavy (non-hydrogen) atoms. The fraction of sp³-hybridized carbons (Fsp3) is 0.0588. The van der Waals surface area contributed by atoms with E-state index in [2.05, 4.69) is 27.6 Å². The SMILES string of the molecule is Cc1c(-c2ccccc2)nc2ccc(I)cc2c1C(=O)O. The minimum Gasteiger partial charge on any atom is -0.478 e. The summed E-state index contributed by atoms with van der Waals surface area (Å²) in [4.78, 5) is 16.4. The Morgan fingerprint density at radius 2 is 1.86 bits per heavy atom. The van der Waals surface area contributed by atoms with Crippen LogP contribution in [0, 0.1) is 10.5 Å². The highest BCUT2D eigenvalue weighted by Crippen LogP contribution is 2.30. The summed E-state index contributed by atoms with van der Waals surface area (Å²) in [6.45, 7) is 1.82. The molecule has 1 heterocycles. The van der Waals surface area contributed by atoms with Gasteiger partial charge in [-0.25, -0.2) is 9.78 Å². The van der Waals surface area contributed by atoms with Crippen molar-refractivity contribution in [1.82, 2.24) is 4.98 Å². The highest BCUT2D eigenvalue weighted by molar-refractivity contribution is 14.1. The first-order valence-electron chi connectivity index (χ1n) is 6.46. The van der Waals surface area contributed by atoms with E-state index in [-0.39, 0.29) is 0 Å². The lowest BCUT2D eigenvalue weighted by atomic mass is 9.98. The molecule has 4 heteroatoms. The van der Waals surface area contributed by atoms with E-state index in [1.165, 1.54) is 0 Å². The number of carboxylic acid groups (broad SMARTS) is 1. The van der Waals surface area contributed by atoms with Crippen LogP contribution in [-0.4, -0.2) is 16.1 Å². The zero-order valence-corrected chi connectivity index (χ0v) is 13.5. The topological polar surface area (TPSA) is 50.2 Å². The van der Waals surface area contributed by atoms with Gasteiger partial charge >= 0.3 is 5.97 Å². The number of carbonyl (C=O) groups is 1. The summed E-state index contributed by atoms with van der Waals surface area (Å²) in [6, 6.07) is 15.3. The second kappa shape index (κ2) is 5.44.